The van der Waals surface area contributed by atoms with Gasteiger partial charge in [-0.05, 0) is 36.8 Å². The van der Waals surface area contributed by atoms with Crippen molar-refractivity contribution < 1.29 is 0 Å². The molecule has 2 aromatic rings. The van der Waals surface area contributed by atoms with Gasteiger partial charge in [-0.2, -0.15) is 0 Å². The number of aryl methyl sites for hydroxylation is 1. The van der Waals surface area contributed by atoms with Crippen molar-refractivity contribution >= 4 is 28.7 Å². The molecule has 5 heteroatoms. The van der Waals surface area contributed by atoms with Crippen molar-refractivity contribution in [3.8, 4) is 0 Å². The Kier molecular flexibility index (Phi) is 4.73. The second kappa shape index (κ2) is 7.14. The van der Waals surface area contributed by atoms with Gasteiger partial charge in [0.1, 0.15) is 0 Å². The molecule has 0 aromatic heterocycles. The Morgan fingerprint density at radius 2 is 1.80 bits per heavy atom. The SMILES string of the molecule is Cc1ccc(N2CCN(CN3CCNc4ccccc43)CC2)cc1Cl. The zero-order chi connectivity index (χ0) is 17.2. The predicted octanol–water partition coefficient (Wildman–Crippen LogP) is 3.66. The van der Waals surface area contributed by atoms with Gasteiger partial charge in [-0.1, -0.05) is 29.8 Å². The lowest BCUT2D eigenvalue weighted by Crippen LogP contribution is -2.51. The summed E-state index contributed by atoms with van der Waals surface area (Å²) in [6.45, 7) is 9.38. The van der Waals surface area contributed by atoms with E-state index in [-0.39, 0.29) is 0 Å². The van der Waals surface area contributed by atoms with E-state index >= 15 is 0 Å². The van der Waals surface area contributed by atoms with Crippen molar-refractivity contribution in [3.05, 3.63) is 53.1 Å². The summed E-state index contributed by atoms with van der Waals surface area (Å²) >= 11 is 6.29. The molecular formula is C20H25ClN4. The van der Waals surface area contributed by atoms with E-state index in [1.807, 2.05) is 0 Å². The number of rotatable bonds is 3. The Bertz CT molecular complexity index is 740. The second-order valence-corrected chi connectivity index (χ2v) is 7.29. The molecule has 2 aromatic carbocycles. The molecule has 0 unspecified atom stereocenters. The van der Waals surface area contributed by atoms with Gasteiger partial charge in [-0.25, -0.2) is 0 Å². The fraction of sp³-hybridized carbons (Fsp3) is 0.400. The summed E-state index contributed by atoms with van der Waals surface area (Å²) in [6.07, 6.45) is 0. The summed E-state index contributed by atoms with van der Waals surface area (Å²) in [7, 11) is 0. The first-order valence-corrected chi connectivity index (χ1v) is 9.40. The Balaban J connectivity index is 1.37. The molecule has 2 heterocycles. The molecule has 25 heavy (non-hydrogen) atoms. The molecule has 2 aliphatic heterocycles. The van der Waals surface area contributed by atoms with Gasteiger partial charge in [0.25, 0.3) is 0 Å². The van der Waals surface area contributed by atoms with Crippen LogP contribution < -0.4 is 15.1 Å². The highest BCUT2D eigenvalue weighted by Gasteiger charge is 2.22. The largest absolute Gasteiger partial charge is 0.382 e. The maximum absolute atomic E-state index is 6.29. The molecule has 2 aliphatic rings. The minimum atomic E-state index is 0.859. The molecule has 132 valence electrons. The van der Waals surface area contributed by atoms with E-state index in [1.165, 1.54) is 17.1 Å². The summed E-state index contributed by atoms with van der Waals surface area (Å²) in [5.41, 5.74) is 4.95. The first-order chi connectivity index (χ1) is 12.2. The molecule has 0 radical (unpaired) electrons. The van der Waals surface area contributed by atoms with Crippen LogP contribution in [0, 0.1) is 6.92 Å². The number of anilines is 3. The summed E-state index contributed by atoms with van der Waals surface area (Å²) in [4.78, 5) is 7.48. The number of benzene rings is 2. The quantitative estimate of drug-likeness (QED) is 0.905. The first-order valence-electron chi connectivity index (χ1n) is 9.02. The third-order valence-electron chi connectivity index (χ3n) is 5.21. The number of para-hydroxylation sites is 2. The van der Waals surface area contributed by atoms with Crippen LogP contribution in [-0.4, -0.2) is 50.8 Å². The van der Waals surface area contributed by atoms with Gasteiger partial charge in [-0.3, -0.25) is 4.90 Å². The van der Waals surface area contributed by atoms with Crippen molar-refractivity contribution in [3.63, 3.8) is 0 Å². The van der Waals surface area contributed by atoms with E-state index in [2.05, 4.69) is 69.4 Å². The lowest BCUT2D eigenvalue weighted by atomic mass is 10.2. The van der Waals surface area contributed by atoms with Crippen molar-refractivity contribution in [2.24, 2.45) is 0 Å². The lowest BCUT2D eigenvalue weighted by molar-refractivity contribution is 0.257. The molecule has 0 amide bonds. The van der Waals surface area contributed by atoms with Gasteiger partial charge in [0.05, 0.1) is 18.0 Å². The number of fused-ring (bicyclic) bond motifs is 1. The fourth-order valence-electron chi connectivity index (χ4n) is 3.66. The molecular weight excluding hydrogens is 332 g/mol. The van der Waals surface area contributed by atoms with Crippen LogP contribution >= 0.6 is 11.6 Å². The van der Waals surface area contributed by atoms with Crippen molar-refractivity contribution in [1.82, 2.24) is 4.90 Å². The van der Waals surface area contributed by atoms with Crippen molar-refractivity contribution in [2.45, 2.75) is 6.92 Å². The highest BCUT2D eigenvalue weighted by Crippen LogP contribution is 2.29. The Morgan fingerprint density at radius 3 is 2.60 bits per heavy atom. The van der Waals surface area contributed by atoms with Gasteiger partial charge in [0, 0.05) is 50.0 Å². The number of nitrogens with one attached hydrogen (secondary N) is 1. The van der Waals surface area contributed by atoms with E-state index in [9.17, 15) is 0 Å². The Morgan fingerprint density at radius 1 is 1.00 bits per heavy atom. The molecule has 1 fully saturated rings. The van der Waals surface area contributed by atoms with Crippen LogP contribution in [0.2, 0.25) is 5.02 Å². The topological polar surface area (TPSA) is 21.8 Å². The third-order valence-corrected chi connectivity index (χ3v) is 5.61. The van der Waals surface area contributed by atoms with Gasteiger partial charge < -0.3 is 15.1 Å². The third kappa shape index (κ3) is 3.55. The number of piperazine rings is 1. The maximum Gasteiger partial charge on any atom is 0.0709 e. The van der Waals surface area contributed by atoms with Gasteiger partial charge in [0.2, 0.25) is 0 Å². The number of nitrogens with zero attached hydrogens (tertiary/aromatic N) is 3. The Labute approximate surface area is 155 Å². The molecule has 0 aliphatic carbocycles. The number of hydrogen-bond donors (Lipinski definition) is 1. The van der Waals surface area contributed by atoms with Gasteiger partial charge in [0.15, 0.2) is 0 Å². The van der Waals surface area contributed by atoms with Crippen LogP contribution in [0.5, 0.6) is 0 Å². The zero-order valence-corrected chi connectivity index (χ0v) is 15.5. The van der Waals surface area contributed by atoms with E-state index in [0.717, 1.165) is 56.5 Å². The van der Waals surface area contributed by atoms with Crippen LogP contribution in [0.25, 0.3) is 0 Å². The van der Waals surface area contributed by atoms with Crippen LogP contribution in [0.15, 0.2) is 42.5 Å². The molecule has 1 N–H and O–H groups in total. The molecule has 0 saturated carbocycles. The van der Waals surface area contributed by atoms with Crippen molar-refractivity contribution in [2.75, 3.05) is 61.1 Å². The van der Waals surface area contributed by atoms with Crippen LogP contribution in [0.3, 0.4) is 0 Å². The summed E-state index contributed by atoms with van der Waals surface area (Å²) in [5, 5.41) is 4.35. The van der Waals surface area contributed by atoms with E-state index < -0.39 is 0 Å². The first kappa shape index (κ1) is 16.6. The normalized spacial score (nSPS) is 18.0. The monoisotopic (exact) mass is 356 g/mol. The average molecular weight is 357 g/mol. The van der Waals surface area contributed by atoms with Gasteiger partial charge >= 0.3 is 0 Å². The summed E-state index contributed by atoms with van der Waals surface area (Å²) in [6, 6.07) is 15.0. The molecule has 1 saturated heterocycles. The minimum absolute atomic E-state index is 0.859. The van der Waals surface area contributed by atoms with Crippen LogP contribution in [0.4, 0.5) is 17.1 Å². The van der Waals surface area contributed by atoms with Gasteiger partial charge in [-0.15, -0.1) is 0 Å². The predicted molar refractivity (Wildman–Crippen MR) is 107 cm³/mol. The molecule has 0 atom stereocenters. The van der Waals surface area contributed by atoms with E-state index in [0.29, 0.717) is 0 Å². The molecule has 0 bridgehead atoms. The summed E-state index contributed by atoms with van der Waals surface area (Å²) < 4.78 is 0. The number of hydrogen-bond acceptors (Lipinski definition) is 4. The van der Waals surface area contributed by atoms with E-state index in [4.69, 9.17) is 11.6 Å². The maximum atomic E-state index is 6.29. The second-order valence-electron chi connectivity index (χ2n) is 6.89. The van der Waals surface area contributed by atoms with Crippen LogP contribution in [-0.2, 0) is 0 Å². The Hall–Kier alpha value is -1.91. The molecule has 0 spiro atoms. The molecule has 4 nitrogen and oxygen atoms in total. The highest BCUT2D eigenvalue weighted by atomic mass is 35.5. The summed E-state index contributed by atoms with van der Waals surface area (Å²) in [5.74, 6) is 0. The average Bonchev–Trinajstić information content (AvgIpc) is 2.65. The lowest BCUT2D eigenvalue weighted by Gasteiger charge is -2.41. The molecule has 4 rings (SSSR count). The fourth-order valence-corrected chi connectivity index (χ4v) is 3.83. The highest BCUT2D eigenvalue weighted by molar-refractivity contribution is 6.31. The minimum Gasteiger partial charge on any atom is -0.382 e. The zero-order valence-electron chi connectivity index (χ0n) is 14.7. The van der Waals surface area contributed by atoms with Crippen molar-refractivity contribution in [1.29, 1.82) is 0 Å². The number of halogens is 1. The van der Waals surface area contributed by atoms with Crippen LogP contribution in [0.1, 0.15) is 5.56 Å². The smallest absolute Gasteiger partial charge is 0.0709 e. The van der Waals surface area contributed by atoms with E-state index in [1.54, 1.807) is 0 Å². The standard InChI is InChI=1S/C20H25ClN4/c1-16-6-7-17(14-18(16)21)24-12-10-23(11-13-24)15-25-9-8-22-19-4-2-3-5-20(19)25/h2-7,14,22H,8-13,15H2,1H3.